The zero-order chi connectivity index (χ0) is 15.6. The van der Waals surface area contributed by atoms with E-state index in [1.165, 1.54) is 12.8 Å². The number of sulfonamides is 1. The first-order chi connectivity index (χ1) is 9.83. The molecule has 120 valence electrons. The second-order valence-corrected chi connectivity index (χ2v) is 8.03. The predicted octanol–water partition coefficient (Wildman–Crippen LogP) is 1.99. The maximum absolute atomic E-state index is 12.5. The smallest absolute Gasteiger partial charge is 0.242 e. The van der Waals surface area contributed by atoms with Crippen molar-refractivity contribution in [3.8, 4) is 0 Å². The summed E-state index contributed by atoms with van der Waals surface area (Å²) in [5.41, 5.74) is 1.000. The molecule has 0 aliphatic heterocycles. The summed E-state index contributed by atoms with van der Waals surface area (Å²) >= 11 is 0. The summed E-state index contributed by atoms with van der Waals surface area (Å²) in [6.07, 6.45) is 4.94. The summed E-state index contributed by atoms with van der Waals surface area (Å²) in [6, 6.07) is 2.36. The Balaban J connectivity index is 2.09. The largest absolute Gasteiger partial charge is 0.352 e. The molecule has 0 saturated heterocycles. The summed E-state index contributed by atoms with van der Waals surface area (Å²) in [5.74, 6) is 0.282. The lowest BCUT2D eigenvalue weighted by molar-refractivity contribution is 0.437. The minimum atomic E-state index is -3.44. The van der Waals surface area contributed by atoms with Crippen molar-refractivity contribution in [3.63, 3.8) is 0 Å². The second-order valence-electron chi connectivity index (χ2n) is 6.31. The van der Waals surface area contributed by atoms with Gasteiger partial charge in [-0.25, -0.2) is 13.1 Å². The highest BCUT2D eigenvalue weighted by Gasteiger charge is 2.24. The molecule has 5 nitrogen and oxygen atoms in total. The van der Waals surface area contributed by atoms with Crippen molar-refractivity contribution >= 4 is 10.0 Å². The van der Waals surface area contributed by atoms with E-state index in [1.54, 1.807) is 12.3 Å². The van der Waals surface area contributed by atoms with Gasteiger partial charge in [0.1, 0.15) is 0 Å². The van der Waals surface area contributed by atoms with Crippen LogP contribution in [0.2, 0.25) is 0 Å². The van der Waals surface area contributed by atoms with Gasteiger partial charge in [-0.2, -0.15) is 0 Å². The van der Waals surface area contributed by atoms with Gasteiger partial charge in [-0.05, 0) is 31.2 Å². The molecule has 6 heteroatoms. The van der Waals surface area contributed by atoms with E-state index < -0.39 is 10.0 Å². The van der Waals surface area contributed by atoms with Gasteiger partial charge in [0.25, 0.3) is 0 Å². The Morgan fingerprint density at radius 2 is 2.05 bits per heavy atom. The Hall–Kier alpha value is -0.850. The summed E-state index contributed by atoms with van der Waals surface area (Å²) in [5, 5.41) is 3.41. The van der Waals surface area contributed by atoms with Crippen molar-refractivity contribution in [2.24, 2.45) is 13.0 Å². The molecule has 2 rings (SSSR count). The Kier molecular flexibility index (Phi) is 5.11. The number of hydrogen-bond donors (Lipinski definition) is 2. The number of hydrogen-bond acceptors (Lipinski definition) is 3. The molecule has 0 bridgehead atoms. The standard InChI is InChI=1S/C15H27N3O2S/c1-5-15(11(2)3)17-21(19,20)14-8-13(18(4)10-14)9-16-12-6-7-12/h8,10-12,15-17H,5-7,9H2,1-4H3. The van der Waals surface area contributed by atoms with Crippen molar-refractivity contribution in [2.45, 2.75) is 63.6 Å². The number of aromatic nitrogens is 1. The predicted molar refractivity (Wildman–Crippen MR) is 84.5 cm³/mol. The SMILES string of the molecule is CCC(NS(=O)(=O)c1cc(CNC2CC2)n(C)c1)C(C)C. The average Bonchev–Trinajstić information content (AvgIpc) is 3.16. The minimum absolute atomic E-state index is 0.0248. The van der Waals surface area contributed by atoms with Crippen LogP contribution >= 0.6 is 0 Å². The third-order valence-corrected chi connectivity index (χ3v) is 5.55. The molecular formula is C15H27N3O2S. The van der Waals surface area contributed by atoms with Crippen molar-refractivity contribution in [2.75, 3.05) is 0 Å². The molecule has 2 N–H and O–H groups in total. The van der Waals surface area contributed by atoms with E-state index in [-0.39, 0.29) is 12.0 Å². The lowest BCUT2D eigenvalue weighted by Gasteiger charge is -2.20. The third-order valence-electron chi connectivity index (χ3n) is 4.09. The highest BCUT2D eigenvalue weighted by molar-refractivity contribution is 7.89. The van der Waals surface area contributed by atoms with Crippen LogP contribution in [0.4, 0.5) is 0 Å². The Morgan fingerprint density at radius 1 is 1.38 bits per heavy atom. The molecule has 21 heavy (non-hydrogen) atoms. The van der Waals surface area contributed by atoms with Crippen LogP contribution < -0.4 is 10.0 Å². The van der Waals surface area contributed by atoms with E-state index in [9.17, 15) is 8.42 Å². The summed E-state index contributed by atoms with van der Waals surface area (Å²) in [4.78, 5) is 0.358. The average molecular weight is 313 g/mol. The maximum atomic E-state index is 12.5. The van der Waals surface area contributed by atoms with Crippen LogP contribution in [0.25, 0.3) is 0 Å². The molecule has 1 aliphatic rings. The van der Waals surface area contributed by atoms with Crippen LogP contribution in [0, 0.1) is 5.92 Å². The van der Waals surface area contributed by atoms with Gasteiger partial charge < -0.3 is 9.88 Å². The summed E-state index contributed by atoms with van der Waals surface area (Å²) in [6.45, 7) is 6.79. The molecule has 1 unspecified atom stereocenters. The van der Waals surface area contributed by atoms with E-state index in [0.717, 1.165) is 18.7 Å². The fraction of sp³-hybridized carbons (Fsp3) is 0.733. The number of rotatable bonds is 8. The van der Waals surface area contributed by atoms with Crippen molar-refractivity contribution < 1.29 is 8.42 Å². The normalized spacial score (nSPS) is 17.4. The van der Waals surface area contributed by atoms with E-state index in [0.29, 0.717) is 10.9 Å². The van der Waals surface area contributed by atoms with Gasteiger partial charge in [-0.15, -0.1) is 0 Å². The van der Waals surface area contributed by atoms with Crippen molar-refractivity contribution in [1.82, 2.24) is 14.6 Å². The fourth-order valence-corrected chi connectivity index (χ4v) is 3.96. The van der Waals surface area contributed by atoms with Crippen LogP contribution in [0.3, 0.4) is 0 Å². The molecule has 0 radical (unpaired) electrons. The fourth-order valence-electron chi connectivity index (χ4n) is 2.39. The molecule has 0 aromatic carbocycles. The van der Waals surface area contributed by atoms with Crippen LogP contribution in [0.5, 0.6) is 0 Å². The highest BCUT2D eigenvalue weighted by atomic mass is 32.2. The molecule has 1 fully saturated rings. The van der Waals surface area contributed by atoms with Crippen molar-refractivity contribution in [3.05, 3.63) is 18.0 Å². The van der Waals surface area contributed by atoms with Crippen LogP contribution in [-0.2, 0) is 23.6 Å². The topological polar surface area (TPSA) is 63.1 Å². The van der Waals surface area contributed by atoms with E-state index in [2.05, 4.69) is 10.0 Å². The van der Waals surface area contributed by atoms with Gasteiger partial charge in [0.15, 0.2) is 0 Å². The molecule has 1 atom stereocenters. The van der Waals surface area contributed by atoms with E-state index in [1.807, 2.05) is 32.4 Å². The van der Waals surface area contributed by atoms with Gasteiger partial charge in [0, 0.05) is 37.6 Å². The van der Waals surface area contributed by atoms with Gasteiger partial charge in [-0.3, -0.25) is 0 Å². The van der Waals surface area contributed by atoms with Crippen molar-refractivity contribution in [1.29, 1.82) is 0 Å². The minimum Gasteiger partial charge on any atom is -0.352 e. The quantitative estimate of drug-likeness (QED) is 0.771. The number of aryl methyl sites for hydroxylation is 1. The lowest BCUT2D eigenvalue weighted by Crippen LogP contribution is -2.37. The van der Waals surface area contributed by atoms with E-state index >= 15 is 0 Å². The third kappa shape index (κ3) is 4.31. The van der Waals surface area contributed by atoms with E-state index in [4.69, 9.17) is 0 Å². The lowest BCUT2D eigenvalue weighted by atomic mass is 10.0. The van der Waals surface area contributed by atoms with Gasteiger partial charge in [0.2, 0.25) is 10.0 Å². The second kappa shape index (κ2) is 6.50. The maximum Gasteiger partial charge on any atom is 0.242 e. The molecule has 0 amide bonds. The Bertz CT molecular complexity index is 574. The first-order valence-electron chi connectivity index (χ1n) is 7.74. The van der Waals surface area contributed by atoms with Gasteiger partial charge in [0.05, 0.1) is 4.90 Å². The van der Waals surface area contributed by atoms with Crippen LogP contribution in [0.1, 0.15) is 45.7 Å². The summed E-state index contributed by atoms with van der Waals surface area (Å²) in [7, 11) is -1.55. The van der Waals surface area contributed by atoms with Crippen LogP contribution in [-0.4, -0.2) is 25.1 Å². The molecular weight excluding hydrogens is 286 g/mol. The molecule has 1 saturated carbocycles. The molecule has 0 spiro atoms. The molecule has 1 aromatic heterocycles. The monoisotopic (exact) mass is 313 g/mol. The molecule has 1 aliphatic carbocycles. The molecule has 1 aromatic rings. The van der Waals surface area contributed by atoms with Gasteiger partial charge >= 0.3 is 0 Å². The summed E-state index contributed by atoms with van der Waals surface area (Å²) < 4.78 is 29.7. The highest BCUT2D eigenvalue weighted by Crippen LogP contribution is 2.21. The number of nitrogens with one attached hydrogen (secondary N) is 2. The Labute approximate surface area is 128 Å². The van der Waals surface area contributed by atoms with Crippen LogP contribution in [0.15, 0.2) is 17.2 Å². The number of nitrogens with zero attached hydrogens (tertiary/aromatic N) is 1. The first kappa shape index (κ1) is 16.5. The van der Waals surface area contributed by atoms with Gasteiger partial charge in [-0.1, -0.05) is 20.8 Å². The Morgan fingerprint density at radius 3 is 2.57 bits per heavy atom. The zero-order valence-electron chi connectivity index (χ0n) is 13.4. The zero-order valence-corrected chi connectivity index (χ0v) is 14.2. The molecule has 1 heterocycles. The first-order valence-corrected chi connectivity index (χ1v) is 9.22.